The number of hydrogen-bond donors (Lipinski definition) is 6. The van der Waals surface area contributed by atoms with Gasteiger partial charge in [-0.2, -0.15) is 0 Å². The highest BCUT2D eigenvalue weighted by atomic mass is 16.7. The van der Waals surface area contributed by atoms with Gasteiger partial charge in [0.2, 0.25) is 18.0 Å². The number of allylic oxidation sites excluding steroid dienone is 3. The number of esters is 3. The molecular weight excluding hydrogens is 676 g/mol. The Morgan fingerprint density at radius 1 is 1.04 bits per heavy atom. The van der Waals surface area contributed by atoms with Crippen molar-refractivity contribution >= 4 is 23.7 Å². The van der Waals surface area contributed by atoms with E-state index in [-0.39, 0.29) is 25.4 Å². The summed E-state index contributed by atoms with van der Waals surface area (Å²) in [5.74, 6) is -7.77. The third kappa shape index (κ3) is 5.47. The molecule has 3 aliphatic carbocycles. The van der Waals surface area contributed by atoms with Crippen molar-refractivity contribution in [2.24, 2.45) is 34.5 Å². The molecule has 1 spiro atoms. The molecule has 5 fully saturated rings. The summed E-state index contributed by atoms with van der Waals surface area (Å²) in [7, 11) is 0. The highest BCUT2D eigenvalue weighted by molar-refractivity contribution is 5.97. The third-order valence-electron chi connectivity index (χ3n) is 12.1. The fraction of sp³-hybridized carbons (Fsp3) is 0.771. The van der Waals surface area contributed by atoms with Gasteiger partial charge < -0.3 is 59.1 Å². The van der Waals surface area contributed by atoms with Crippen LogP contribution in [0.25, 0.3) is 0 Å². The maximum Gasteiger partial charge on any atom is 0.348 e. The van der Waals surface area contributed by atoms with Crippen LogP contribution in [0.1, 0.15) is 53.9 Å². The second-order valence-corrected chi connectivity index (χ2v) is 15.3. The Kier molecular flexibility index (Phi) is 9.98. The molecule has 284 valence electrons. The molecule has 0 amide bonds. The summed E-state index contributed by atoms with van der Waals surface area (Å²) >= 11 is 0. The molecule has 16 heteroatoms. The van der Waals surface area contributed by atoms with Gasteiger partial charge in [-0.25, -0.2) is 14.4 Å². The van der Waals surface area contributed by atoms with Crippen molar-refractivity contribution < 1.29 is 78.2 Å². The summed E-state index contributed by atoms with van der Waals surface area (Å²) in [5.41, 5.74) is -4.52. The summed E-state index contributed by atoms with van der Waals surface area (Å²) < 4.78 is 35.0. The molecule has 16 atom stereocenters. The van der Waals surface area contributed by atoms with Gasteiger partial charge in [0.05, 0.1) is 31.8 Å². The molecule has 0 aromatic carbocycles. The van der Waals surface area contributed by atoms with Crippen LogP contribution < -0.4 is 0 Å². The molecule has 51 heavy (non-hydrogen) atoms. The van der Waals surface area contributed by atoms with Crippen molar-refractivity contribution in [1.29, 1.82) is 0 Å². The normalized spacial score (nSPS) is 46.9. The first-order valence-electron chi connectivity index (χ1n) is 17.5. The first-order chi connectivity index (χ1) is 24.0. The molecule has 6 N–H and O–H groups in total. The molecular formula is C35H48O16. The summed E-state index contributed by atoms with van der Waals surface area (Å²) in [4.78, 5) is 54.8. The maximum atomic E-state index is 14.1. The van der Waals surface area contributed by atoms with Gasteiger partial charge in [-0.05, 0) is 44.1 Å². The summed E-state index contributed by atoms with van der Waals surface area (Å²) in [6.45, 7) is 7.43. The quantitative estimate of drug-likeness (QED) is 0.0708. The number of aliphatic hydroxyl groups is 6. The summed E-state index contributed by atoms with van der Waals surface area (Å²) in [5, 5.41) is 65.2. The fourth-order valence-corrected chi connectivity index (χ4v) is 9.83. The number of ketones is 1. The number of rotatable bonds is 9. The van der Waals surface area contributed by atoms with E-state index in [2.05, 4.69) is 0 Å². The van der Waals surface area contributed by atoms with Crippen LogP contribution >= 0.6 is 0 Å². The minimum atomic E-state index is -2.34. The number of aliphatic hydroxyl groups excluding tert-OH is 6. The van der Waals surface area contributed by atoms with E-state index in [1.165, 1.54) is 6.08 Å². The molecule has 2 saturated carbocycles. The van der Waals surface area contributed by atoms with E-state index in [0.717, 1.165) is 6.08 Å². The van der Waals surface area contributed by atoms with Crippen LogP contribution in [-0.4, -0.2) is 135 Å². The van der Waals surface area contributed by atoms with Crippen LogP contribution in [0.3, 0.4) is 0 Å². The lowest BCUT2D eigenvalue weighted by Crippen LogP contribution is -2.79. The van der Waals surface area contributed by atoms with Crippen molar-refractivity contribution in [3.8, 4) is 0 Å². The molecule has 6 aliphatic rings. The van der Waals surface area contributed by atoms with Gasteiger partial charge in [0, 0.05) is 23.3 Å². The smallest absolute Gasteiger partial charge is 0.348 e. The number of ether oxygens (including phenoxy) is 6. The van der Waals surface area contributed by atoms with E-state index in [0.29, 0.717) is 18.4 Å². The van der Waals surface area contributed by atoms with E-state index in [1.807, 2.05) is 6.92 Å². The second-order valence-electron chi connectivity index (χ2n) is 15.3. The zero-order valence-electron chi connectivity index (χ0n) is 29.2. The molecule has 3 aliphatic heterocycles. The van der Waals surface area contributed by atoms with Crippen LogP contribution in [0.5, 0.6) is 0 Å². The summed E-state index contributed by atoms with van der Waals surface area (Å²) in [6, 6.07) is 0. The number of fused-ring (bicyclic) bond motifs is 2. The Balaban J connectivity index is 1.48. The Bertz CT molecular complexity index is 1490. The van der Waals surface area contributed by atoms with E-state index < -0.39 is 126 Å². The Hall–Kier alpha value is -2.96. The topological polar surface area (TPSA) is 245 Å². The van der Waals surface area contributed by atoms with Crippen molar-refractivity contribution in [3.63, 3.8) is 0 Å². The molecule has 3 saturated heterocycles. The maximum absolute atomic E-state index is 14.1. The molecule has 16 nitrogen and oxygen atoms in total. The highest BCUT2D eigenvalue weighted by Gasteiger charge is 2.85. The lowest BCUT2D eigenvalue weighted by Gasteiger charge is -2.67. The molecule has 0 aromatic rings. The van der Waals surface area contributed by atoms with Gasteiger partial charge in [-0.15, -0.1) is 0 Å². The fourth-order valence-electron chi connectivity index (χ4n) is 9.83. The number of carbonyl (C=O) groups excluding carboxylic acids is 4. The van der Waals surface area contributed by atoms with Crippen LogP contribution in [0.15, 0.2) is 23.5 Å². The Morgan fingerprint density at radius 3 is 2.39 bits per heavy atom. The van der Waals surface area contributed by atoms with Crippen LogP contribution in [0.2, 0.25) is 0 Å². The summed E-state index contributed by atoms with van der Waals surface area (Å²) in [6.07, 6.45) is -11.0. The monoisotopic (exact) mass is 724 g/mol. The van der Waals surface area contributed by atoms with Crippen molar-refractivity contribution in [2.75, 3.05) is 19.8 Å². The average molecular weight is 725 g/mol. The number of carbonyl (C=O) groups is 4. The first-order valence-corrected chi connectivity index (χ1v) is 17.5. The number of Topliss-reactive ketones (excluding diaryl/α,β-unsaturated/α-hetero) is 1. The van der Waals surface area contributed by atoms with Gasteiger partial charge in [0.1, 0.15) is 36.6 Å². The minimum absolute atomic E-state index is 0.0384. The molecule has 6 rings (SSSR count). The van der Waals surface area contributed by atoms with Crippen LogP contribution in [0.4, 0.5) is 0 Å². The average Bonchev–Trinajstić information content (AvgIpc) is 3.38. The predicted molar refractivity (Wildman–Crippen MR) is 168 cm³/mol. The predicted octanol–water partition coefficient (Wildman–Crippen LogP) is -1.20. The molecule has 0 unspecified atom stereocenters. The van der Waals surface area contributed by atoms with E-state index in [4.69, 9.17) is 28.4 Å². The SMILES string of the molecule is CCCCOC(=O)[C@]12OC[C@]34[C@H]([C@@H](O)[C@@H]1O)[C@@]1(C)C=C(O[C@@H]5O[C@H](CO)[C@@H](O)[C@H](O)[C@H]5O)C(=O)[C@@H](C)[C@@H]1C[C@H]3OC(=O)[C@H](OC(=O)C=C(C)C)[C@@H]24. The zero-order chi connectivity index (χ0) is 37.4. The Labute approximate surface area is 294 Å². The number of unbranched alkanes of at least 4 members (excludes halogenated alkanes) is 1. The van der Waals surface area contributed by atoms with Crippen molar-refractivity contribution in [3.05, 3.63) is 23.5 Å². The third-order valence-corrected chi connectivity index (χ3v) is 12.1. The molecule has 2 bridgehead atoms. The Morgan fingerprint density at radius 2 is 1.75 bits per heavy atom. The lowest BCUT2D eigenvalue weighted by atomic mass is 9.38. The largest absolute Gasteiger partial charge is 0.463 e. The molecule has 3 heterocycles. The van der Waals surface area contributed by atoms with Crippen LogP contribution in [-0.2, 0) is 47.6 Å². The minimum Gasteiger partial charge on any atom is -0.463 e. The number of hydrogen-bond acceptors (Lipinski definition) is 16. The molecule has 0 aromatic heterocycles. The molecule has 0 radical (unpaired) electrons. The van der Waals surface area contributed by atoms with Gasteiger partial charge >= 0.3 is 17.9 Å². The van der Waals surface area contributed by atoms with E-state index in [1.54, 1.807) is 27.7 Å². The van der Waals surface area contributed by atoms with Crippen molar-refractivity contribution in [2.45, 2.75) is 115 Å². The lowest BCUT2D eigenvalue weighted by molar-refractivity contribution is -0.296. The van der Waals surface area contributed by atoms with E-state index in [9.17, 15) is 49.8 Å². The zero-order valence-corrected chi connectivity index (χ0v) is 29.2. The van der Waals surface area contributed by atoms with E-state index >= 15 is 0 Å². The standard InChI is InChI=1S/C35H48O16/c1-6-7-8-46-32(45)35-28-26(51-20(37)9-14(2)3)30(44)50-19-10-16-15(4)21(38)17(48-31-24(41)23(40)22(39)18(12-36)49-31)11-33(16,5)27(25(42)29(35)43)34(19,28)13-47-35/h9,11,15-16,18-19,22-29,31,36,39-43H,6-8,10,12-13H2,1-5H3/t15-,16-,18+,19+,22+,23-,24+,25+,26+,27+,28+,29-,31+,33-,34+,35+/m0/s1. The van der Waals surface area contributed by atoms with Gasteiger partial charge in [-0.3, -0.25) is 4.79 Å². The van der Waals surface area contributed by atoms with Crippen molar-refractivity contribution in [1.82, 2.24) is 0 Å². The van der Waals surface area contributed by atoms with Gasteiger partial charge in [0.15, 0.2) is 11.5 Å². The van der Waals surface area contributed by atoms with Crippen LogP contribution in [0, 0.1) is 34.5 Å². The first kappa shape index (κ1) is 37.8. The van der Waals surface area contributed by atoms with Gasteiger partial charge in [0.25, 0.3) is 0 Å². The van der Waals surface area contributed by atoms with Gasteiger partial charge in [-0.1, -0.05) is 32.8 Å². The second kappa shape index (κ2) is 13.5. The highest BCUT2D eigenvalue weighted by Crippen LogP contribution is 2.72.